The third-order valence-corrected chi connectivity index (χ3v) is 5.97. The number of pyridine rings is 1. The van der Waals surface area contributed by atoms with E-state index in [0.29, 0.717) is 5.92 Å². The number of rotatable bonds is 4. The van der Waals surface area contributed by atoms with E-state index in [1.54, 1.807) is 6.20 Å². The summed E-state index contributed by atoms with van der Waals surface area (Å²) < 4.78 is 6.04. The number of aromatic nitrogens is 1. The van der Waals surface area contributed by atoms with Crippen LogP contribution in [0, 0.1) is 5.92 Å². The SMILES string of the molecule is O=c1[nH]ccc2cc(OCC3CCN(C4CCCCC4)CC3)ccc12. The molecule has 4 nitrogen and oxygen atoms in total. The molecule has 134 valence electrons. The van der Waals surface area contributed by atoms with Crippen LogP contribution >= 0.6 is 0 Å². The number of fused-ring (bicyclic) bond motifs is 1. The monoisotopic (exact) mass is 340 g/mol. The average Bonchev–Trinajstić information content (AvgIpc) is 2.68. The van der Waals surface area contributed by atoms with Crippen molar-refractivity contribution in [1.29, 1.82) is 0 Å². The van der Waals surface area contributed by atoms with Gasteiger partial charge < -0.3 is 14.6 Å². The smallest absolute Gasteiger partial charge is 0.255 e. The van der Waals surface area contributed by atoms with Crippen molar-refractivity contribution in [1.82, 2.24) is 9.88 Å². The molecule has 1 aromatic heterocycles. The van der Waals surface area contributed by atoms with Crippen LogP contribution in [-0.2, 0) is 0 Å². The van der Waals surface area contributed by atoms with Gasteiger partial charge in [-0.1, -0.05) is 19.3 Å². The van der Waals surface area contributed by atoms with E-state index in [0.717, 1.165) is 29.2 Å². The van der Waals surface area contributed by atoms with Crippen molar-refractivity contribution in [2.75, 3.05) is 19.7 Å². The summed E-state index contributed by atoms with van der Waals surface area (Å²) in [5, 5.41) is 1.66. The lowest BCUT2D eigenvalue weighted by Gasteiger charge is -2.39. The number of piperidine rings is 1. The minimum Gasteiger partial charge on any atom is -0.493 e. The van der Waals surface area contributed by atoms with E-state index in [-0.39, 0.29) is 5.56 Å². The van der Waals surface area contributed by atoms with E-state index in [1.165, 1.54) is 58.0 Å². The number of likely N-dealkylation sites (tertiary alicyclic amines) is 1. The van der Waals surface area contributed by atoms with Gasteiger partial charge in [-0.3, -0.25) is 4.79 Å². The number of ether oxygens (including phenoxy) is 1. The van der Waals surface area contributed by atoms with E-state index in [4.69, 9.17) is 4.74 Å². The molecule has 0 spiro atoms. The Morgan fingerprint density at radius 2 is 1.84 bits per heavy atom. The molecule has 25 heavy (non-hydrogen) atoms. The third kappa shape index (κ3) is 3.90. The van der Waals surface area contributed by atoms with E-state index in [1.807, 2.05) is 24.3 Å². The highest BCUT2D eigenvalue weighted by atomic mass is 16.5. The van der Waals surface area contributed by atoms with Gasteiger partial charge in [0, 0.05) is 17.6 Å². The summed E-state index contributed by atoms with van der Waals surface area (Å²) in [6.07, 6.45) is 11.2. The Labute approximate surface area is 149 Å². The molecule has 0 radical (unpaired) electrons. The highest BCUT2D eigenvalue weighted by Gasteiger charge is 2.26. The van der Waals surface area contributed by atoms with Crippen LogP contribution in [0.1, 0.15) is 44.9 Å². The molecule has 0 amide bonds. The van der Waals surface area contributed by atoms with Gasteiger partial charge in [0.15, 0.2) is 0 Å². The van der Waals surface area contributed by atoms with Crippen molar-refractivity contribution >= 4 is 10.8 Å². The Morgan fingerprint density at radius 3 is 2.64 bits per heavy atom. The van der Waals surface area contributed by atoms with Gasteiger partial charge >= 0.3 is 0 Å². The van der Waals surface area contributed by atoms with Crippen LogP contribution < -0.4 is 10.3 Å². The van der Waals surface area contributed by atoms with E-state index >= 15 is 0 Å². The lowest BCUT2D eigenvalue weighted by atomic mass is 9.90. The van der Waals surface area contributed by atoms with Gasteiger partial charge in [0.25, 0.3) is 5.56 Å². The molecule has 2 heterocycles. The normalized spacial score (nSPS) is 20.8. The zero-order chi connectivity index (χ0) is 17.1. The summed E-state index contributed by atoms with van der Waals surface area (Å²) in [6.45, 7) is 3.24. The molecule has 1 N–H and O–H groups in total. The van der Waals surface area contributed by atoms with Crippen molar-refractivity contribution in [3.05, 3.63) is 40.8 Å². The topological polar surface area (TPSA) is 45.3 Å². The Kier molecular flexibility index (Phi) is 5.07. The van der Waals surface area contributed by atoms with E-state index in [2.05, 4.69) is 9.88 Å². The lowest BCUT2D eigenvalue weighted by molar-refractivity contribution is 0.0887. The first-order valence-corrected chi connectivity index (χ1v) is 9.78. The largest absolute Gasteiger partial charge is 0.493 e. The highest BCUT2D eigenvalue weighted by Crippen LogP contribution is 2.27. The lowest BCUT2D eigenvalue weighted by Crippen LogP contribution is -2.43. The molecule has 1 aliphatic heterocycles. The van der Waals surface area contributed by atoms with Gasteiger partial charge in [-0.25, -0.2) is 0 Å². The van der Waals surface area contributed by atoms with Crippen LogP contribution in [-0.4, -0.2) is 35.6 Å². The Balaban J connectivity index is 1.30. The maximum absolute atomic E-state index is 11.8. The number of benzene rings is 1. The predicted molar refractivity (Wildman–Crippen MR) is 101 cm³/mol. The number of nitrogens with one attached hydrogen (secondary N) is 1. The van der Waals surface area contributed by atoms with Gasteiger partial charge in [-0.05, 0) is 74.3 Å². The van der Waals surface area contributed by atoms with Gasteiger partial charge in [-0.2, -0.15) is 0 Å². The molecule has 2 aromatic rings. The van der Waals surface area contributed by atoms with Crippen LogP contribution in [0.25, 0.3) is 10.8 Å². The van der Waals surface area contributed by atoms with E-state index in [9.17, 15) is 4.79 Å². The van der Waals surface area contributed by atoms with Gasteiger partial charge in [0.05, 0.1) is 6.61 Å². The van der Waals surface area contributed by atoms with Gasteiger partial charge in [0.1, 0.15) is 5.75 Å². The van der Waals surface area contributed by atoms with Crippen LogP contribution in [0.4, 0.5) is 0 Å². The highest BCUT2D eigenvalue weighted by molar-refractivity contribution is 5.82. The van der Waals surface area contributed by atoms with Crippen LogP contribution in [0.15, 0.2) is 35.3 Å². The summed E-state index contributed by atoms with van der Waals surface area (Å²) in [6, 6.07) is 8.51. The zero-order valence-electron chi connectivity index (χ0n) is 14.9. The van der Waals surface area contributed by atoms with Crippen molar-refractivity contribution in [3.63, 3.8) is 0 Å². The number of hydrogen-bond donors (Lipinski definition) is 1. The van der Waals surface area contributed by atoms with Crippen LogP contribution in [0.3, 0.4) is 0 Å². The second-order valence-electron chi connectivity index (χ2n) is 7.64. The molecule has 1 aliphatic carbocycles. The van der Waals surface area contributed by atoms with Crippen molar-refractivity contribution in [3.8, 4) is 5.75 Å². The minimum absolute atomic E-state index is 0.0425. The fourth-order valence-corrected chi connectivity index (χ4v) is 4.41. The molecule has 0 atom stereocenters. The first-order valence-electron chi connectivity index (χ1n) is 9.78. The van der Waals surface area contributed by atoms with Crippen molar-refractivity contribution in [2.45, 2.75) is 51.0 Å². The standard InChI is InChI=1S/C21H28N2O2/c24-21-20-7-6-19(14-17(20)8-11-22-21)25-15-16-9-12-23(13-10-16)18-4-2-1-3-5-18/h6-8,11,14,16,18H,1-5,9-10,12-13,15H2,(H,22,24). The molecule has 2 fully saturated rings. The van der Waals surface area contributed by atoms with E-state index < -0.39 is 0 Å². The summed E-state index contributed by atoms with van der Waals surface area (Å²) >= 11 is 0. The maximum atomic E-state index is 11.8. The molecule has 1 saturated carbocycles. The zero-order valence-corrected chi connectivity index (χ0v) is 14.9. The molecular weight excluding hydrogens is 312 g/mol. The quantitative estimate of drug-likeness (QED) is 0.916. The number of nitrogens with zero attached hydrogens (tertiary/aromatic N) is 1. The van der Waals surface area contributed by atoms with Crippen LogP contribution in [0.2, 0.25) is 0 Å². The Bertz CT molecular complexity index is 756. The average molecular weight is 340 g/mol. The third-order valence-electron chi connectivity index (χ3n) is 5.97. The number of hydrogen-bond acceptors (Lipinski definition) is 3. The molecule has 1 aromatic carbocycles. The molecular formula is C21H28N2O2. The predicted octanol–water partition coefficient (Wildman–Crippen LogP) is 3.95. The summed E-state index contributed by atoms with van der Waals surface area (Å²) in [4.78, 5) is 17.2. The second kappa shape index (κ2) is 7.61. The molecule has 4 heteroatoms. The molecule has 0 bridgehead atoms. The molecule has 2 aliphatic rings. The second-order valence-corrected chi connectivity index (χ2v) is 7.64. The first kappa shape index (κ1) is 16.6. The first-order chi connectivity index (χ1) is 12.3. The number of aromatic amines is 1. The molecule has 1 saturated heterocycles. The van der Waals surface area contributed by atoms with Crippen molar-refractivity contribution < 1.29 is 4.74 Å². The van der Waals surface area contributed by atoms with Gasteiger partial charge in [0.2, 0.25) is 0 Å². The summed E-state index contributed by atoms with van der Waals surface area (Å²) in [5.74, 6) is 1.52. The summed E-state index contributed by atoms with van der Waals surface area (Å²) in [5.41, 5.74) is -0.0425. The van der Waals surface area contributed by atoms with Gasteiger partial charge in [-0.15, -0.1) is 0 Å². The fraction of sp³-hybridized carbons (Fsp3) is 0.571. The molecule has 4 rings (SSSR count). The summed E-state index contributed by atoms with van der Waals surface area (Å²) in [7, 11) is 0. The number of H-pyrrole nitrogens is 1. The van der Waals surface area contributed by atoms with Crippen LogP contribution in [0.5, 0.6) is 5.75 Å². The Morgan fingerprint density at radius 1 is 1.04 bits per heavy atom. The minimum atomic E-state index is -0.0425. The van der Waals surface area contributed by atoms with Crippen molar-refractivity contribution in [2.24, 2.45) is 5.92 Å². The fourth-order valence-electron chi connectivity index (χ4n) is 4.41. The molecule has 0 unspecified atom stereocenters. The maximum Gasteiger partial charge on any atom is 0.255 e. The Hall–Kier alpha value is -1.81.